The number of thiazole rings is 2. The lowest BCUT2D eigenvalue weighted by atomic mass is 9.97. The minimum Gasteiger partial charge on any atom is -0.305 e. The molecule has 0 radical (unpaired) electrons. The van der Waals surface area contributed by atoms with Gasteiger partial charge in [0, 0.05) is 44.6 Å². The zero-order valence-corrected chi connectivity index (χ0v) is 37.8. The normalized spacial score (nSPS) is 15.8. The van der Waals surface area contributed by atoms with E-state index in [0.717, 1.165) is 55.2 Å². The number of rotatable bonds is 18. The van der Waals surface area contributed by atoms with Crippen LogP contribution in [-0.2, 0) is 9.59 Å². The number of hydrogen-bond donors (Lipinski definition) is 0. The van der Waals surface area contributed by atoms with Gasteiger partial charge in [-0.1, -0.05) is 116 Å². The fourth-order valence-electron chi connectivity index (χ4n) is 8.21. The molecule has 10 heteroatoms. The molecule has 0 spiro atoms. The number of amides is 2. The average Bonchev–Trinajstić information content (AvgIpc) is 4.05. The highest BCUT2D eigenvalue weighted by atomic mass is 32.1. The second-order valence-corrected chi connectivity index (χ2v) is 21.4. The zero-order chi connectivity index (χ0) is 40.5. The van der Waals surface area contributed by atoms with Gasteiger partial charge in [-0.3, -0.25) is 9.59 Å². The van der Waals surface area contributed by atoms with Crippen molar-refractivity contribution in [2.45, 2.75) is 92.9 Å². The van der Waals surface area contributed by atoms with Gasteiger partial charge in [0.15, 0.2) is 0 Å². The lowest BCUT2D eigenvalue weighted by Crippen LogP contribution is -2.32. The molecule has 2 aliphatic rings. The summed E-state index contributed by atoms with van der Waals surface area (Å²) >= 11 is 6.66. The second-order valence-electron chi connectivity index (χ2n) is 17.2. The SMILES string of the molecule is CC(C)CCC[C@H](C)CCN1C(=O)C2=C(c3ncc(-c4cc5ccccc5s4)s3)N(CC[C@@H](C)CCCC(C)C)C(=O)C2=C1c1ncc(-c2cc3ccccc3s2)s1. The molecule has 2 amide bonds. The Kier molecular flexibility index (Phi) is 12.5. The van der Waals surface area contributed by atoms with Crippen LogP contribution >= 0.6 is 45.3 Å². The largest absolute Gasteiger partial charge is 0.305 e. The molecule has 6 heterocycles. The van der Waals surface area contributed by atoms with Crippen molar-refractivity contribution < 1.29 is 9.59 Å². The van der Waals surface area contributed by atoms with E-state index >= 15 is 9.59 Å². The van der Waals surface area contributed by atoms with Gasteiger partial charge in [0.1, 0.15) is 10.0 Å². The third kappa shape index (κ3) is 8.53. The maximum absolute atomic E-state index is 15.1. The van der Waals surface area contributed by atoms with Crippen LogP contribution in [0, 0.1) is 23.7 Å². The summed E-state index contributed by atoms with van der Waals surface area (Å²) in [5.74, 6) is 2.04. The summed E-state index contributed by atoms with van der Waals surface area (Å²) in [6.45, 7) is 14.8. The first-order valence-electron chi connectivity index (χ1n) is 21.1. The van der Waals surface area contributed by atoms with Crippen LogP contribution in [0.1, 0.15) is 103 Å². The molecule has 0 unspecified atom stereocenters. The first-order valence-corrected chi connectivity index (χ1v) is 24.3. The predicted molar refractivity (Wildman–Crippen MR) is 248 cm³/mol. The van der Waals surface area contributed by atoms with E-state index in [2.05, 4.69) is 102 Å². The number of carbonyl (C=O) groups excluding carboxylic acids is 2. The van der Waals surface area contributed by atoms with Gasteiger partial charge in [0.05, 0.1) is 32.3 Å². The number of benzene rings is 2. The van der Waals surface area contributed by atoms with Gasteiger partial charge in [-0.2, -0.15) is 0 Å². The molecular formula is C48H54N4O2S4. The highest BCUT2D eigenvalue weighted by Gasteiger charge is 2.50. The molecule has 0 saturated carbocycles. The van der Waals surface area contributed by atoms with Gasteiger partial charge in [0.2, 0.25) is 0 Å². The number of nitrogens with zero attached hydrogens (tertiary/aromatic N) is 4. The van der Waals surface area contributed by atoms with Crippen LogP contribution in [0.15, 0.2) is 84.2 Å². The van der Waals surface area contributed by atoms with E-state index < -0.39 is 0 Å². The molecule has 2 aliphatic heterocycles. The molecule has 302 valence electrons. The average molecular weight is 847 g/mol. The van der Waals surface area contributed by atoms with Crippen LogP contribution in [0.3, 0.4) is 0 Å². The highest BCUT2D eigenvalue weighted by Crippen LogP contribution is 2.50. The Bertz CT molecular complexity index is 2260. The van der Waals surface area contributed by atoms with E-state index in [1.165, 1.54) is 45.9 Å². The van der Waals surface area contributed by atoms with Gasteiger partial charge >= 0.3 is 0 Å². The van der Waals surface area contributed by atoms with Gasteiger partial charge < -0.3 is 9.80 Å². The lowest BCUT2D eigenvalue weighted by molar-refractivity contribution is -0.124. The summed E-state index contributed by atoms with van der Waals surface area (Å²) in [5.41, 5.74) is 2.33. The maximum Gasteiger partial charge on any atom is 0.261 e. The van der Waals surface area contributed by atoms with Crippen LogP contribution < -0.4 is 0 Å². The van der Waals surface area contributed by atoms with Gasteiger partial charge in [-0.25, -0.2) is 9.97 Å². The molecule has 0 N–H and O–H groups in total. The van der Waals surface area contributed by atoms with Crippen LogP contribution in [-0.4, -0.2) is 44.7 Å². The van der Waals surface area contributed by atoms with Crippen molar-refractivity contribution in [1.82, 2.24) is 19.8 Å². The molecule has 6 nitrogen and oxygen atoms in total. The third-order valence-electron chi connectivity index (χ3n) is 11.6. The number of thiophene rings is 2. The standard InChI is InChI=1S/C48H54N4O2S4/c1-29(2)13-11-15-31(5)21-23-51-43(45-49-27-39(57-45)37-25-33-17-7-9-19-35(33)55-37)41-42(47(51)53)44(52(48(41)54)24-22-32(6)16-12-14-30(3)4)46-50-28-40(58-46)38-26-34-18-8-10-20-36(34)56-38/h7-10,17-20,25-32H,11-16,21-24H2,1-6H3/t31-,32-/m0/s1. The molecule has 58 heavy (non-hydrogen) atoms. The van der Waals surface area contributed by atoms with Crippen molar-refractivity contribution >= 4 is 88.7 Å². The minimum atomic E-state index is -0.104. The summed E-state index contributed by atoms with van der Waals surface area (Å²) in [4.78, 5) is 48.3. The van der Waals surface area contributed by atoms with E-state index in [4.69, 9.17) is 9.97 Å². The third-order valence-corrected chi connectivity index (χ3v) is 16.2. The number of fused-ring (bicyclic) bond motifs is 3. The molecule has 2 aromatic carbocycles. The topological polar surface area (TPSA) is 66.4 Å². The van der Waals surface area contributed by atoms with Crippen LogP contribution in [0.5, 0.6) is 0 Å². The second kappa shape index (κ2) is 17.7. The Morgan fingerprint density at radius 1 is 0.517 bits per heavy atom. The summed E-state index contributed by atoms with van der Waals surface area (Å²) < 4.78 is 2.46. The first-order chi connectivity index (χ1) is 28.0. The summed E-state index contributed by atoms with van der Waals surface area (Å²) in [6.07, 6.45) is 12.6. The summed E-state index contributed by atoms with van der Waals surface area (Å²) in [6, 6.07) is 21.3. The number of hydrogen-bond acceptors (Lipinski definition) is 8. The molecule has 8 rings (SSSR count). The molecule has 4 aromatic heterocycles. The Balaban J connectivity index is 1.19. The zero-order valence-electron chi connectivity index (χ0n) is 34.5. The van der Waals surface area contributed by atoms with Crippen LogP contribution in [0.4, 0.5) is 0 Å². The van der Waals surface area contributed by atoms with Crippen molar-refractivity contribution in [3.8, 4) is 19.5 Å². The molecule has 2 atom stereocenters. The molecule has 0 fully saturated rings. The monoisotopic (exact) mass is 846 g/mol. The summed E-state index contributed by atoms with van der Waals surface area (Å²) in [5, 5.41) is 3.86. The van der Waals surface area contributed by atoms with Gasteiger partial charge in [0.25, 0.3) is 11.8 Å². The number of carbonyl (C=O) groups is 2. The fraction of sp³-hybridized carbons (Fsp3) is 0.417. The molecule has 0 saturated heterocycles. The fourth-order valence-corrected chi connectivity index (χ4v) is 12.4. The predicted octanol–water partition coefficient (Wildman–Crippen LogP) is 13.9. The van der Waals surface area contributed by atoms with E-state index in [1.807, 2.05) is 22.2 Å². The first kappa shape index (κ1) is 40.8. The van der Waals surface area contributed by atoms with E-state index in [1.54, 1.807) is 45.3 Å². The minimum absolute atomic E-state index is 0.104. The van der Waals surface area contributed by atoms with Crippen molar-refractivity contribution in [1.29, 1.82) is 0 Å². The van der Waals surface area contributed by atoms with Gasteiger partial charge in [-0.15, -0.1) is 45.3 Å². The smallest absolute Gasteiger partial charge is 0.261 e. The maximum atomic E-state index is 15.1. The Labute approximate surface area is 359 Å². The molecular weight excluding hydrogens is 793 g/mol. The summed E-state index contributed by atoms with van der Waals surface area (Å²) in [7, 11) is 0. The quantitative estimate of drug-likeness (QED) is 0.0864. The Morgan fingerprint density at radius 3 is 1.33 bits per heavy atom. The van der Waals surface area contributed by atoms with Crippen LogP contribution in [0.25, 0.3) is 51.1 Å². The Morgan fingerprint density at radius 2 is 0.931 bits per heavy atom. The lowest BCUT2D eigenvalue weighted by Gasteiger charge is -2.25. The van der Waals surface area contributed by atoms with Crippen molar-refractivity contribution in [2.75, 3.05) is 13.1 Å². The van der Waals surface area contributed by atoms with Gasteiger partial charge in [-0.05, 0) is 71.6 Å². The van der Waals surface area contributed by atoms with E-state index in [-0.39, 0.29) is 11.8 Å². The highest BCUT2D eigenvalue weighted by molar-refractivity contribution is 7.27. The van der Waals surface area contributed by atoms with Crippen molar-refractivity contribution in [3.05, 3.63) is 94.2 Å². The van der Waals surface area contributed by atoms with Crippen molar-refractivity contribution in [3.63, 3.8) is 0 Å². The molecule has 0 aliphatic carbocycles. The van der Waals surface area contributed by atoms with E-state index in [9.17, 15) is 0 Å². The molecule has 0 bridgehead atoms. The van der Waals surface area contributed by atoms with E-state index in [0.29, 0.717) is 59.3 Å². The van der Waals surface area contributed by atoms with Crippen molar-refractivity contribution in [2.24, 2.45) is 23.7 Å². The molecule has 6 aromatic rings. The number of aromatic nitrogens is 2. The Hall–Kier alpha value is -3.96. The van der Waals surface area contributed by atoms with Crippen LogP contribution in [0.2, 0.25) is 0 Å².